The number of fused-ring (bicyclic) bond motifs is 1. The van der Waals surface area contributed by atoms with Crippen LogP contribution in [0.5, 0.6) is 0 Å². The van der Waals surface area contributed by atoms with Crippen molar-refractivity contribution in [2.45, 2.75) is 6.18 Å². The van der Waals surface area contributed by atoms with E-state index in [0.717, 1.165) is 10.7 Å². The standard InChI is InChI=1S/C9H5BrF4N2/c1-16-7-5(8(11)15-16)2-4(10)3-6(7)9(12,13)14/h2-3H,1H3. The second kappa shape index (κ2) is 3.44. The molecule has 86 valence electrons. The van der Waals surface area contributed by atoms with Crippen LogP contribution in [-0.2, 0) is 13.2 Å². The van der Waals surface area contributed by atoms with Crippen LogP contribution in [-0.4, -0.2) is 9.78 Å². The summed E-state index contributed by atoms with van der Waals surface area (Å²) < 4.78 is 52.4. The molecule has 0 spiro atoms. The fourth-order valence-electron chi connectivity index (χ4n) is 1.56. The molecule has 1 heterocycles. The molecule has 0 atom stereocenters. The van der Waals surface area contributed by atoms with Gasteiger partial charge in [0.25, 0.3) is 0 Å². The Kier molecular flexibility index (Phi) is 2.45. The van der Waals surface area contributed by atoms with E-state index in [1.54, 1.807) is 0 Å². The largest absolute Gasteiger partial charge is 0.418 e. The molecule has 0 aliphatic heterocycles. The Morgan fingerprint density at radius 3 is 2.50 bits per heavy atom. The fourth-order valence-corrected chi connectivity index (χ4v) is 2.01. The average molecular weight is 297 g/mol. The molecular weight excluding hydrogens is 292 g/mol. The van der Waals surface area contributed by atoms with Crippen LogP contribution in [0.1, 0.15) is 5.56 Å². The van der Waals surface area contributed by atoms with Crippen molar-refractivity contribution in [3.8, 4) is 0 Å². The van der Waals surface area contributed by atoms with Crippen LogP contribution < -0.4 is 0 Å². The molecule has 0 aliphatic carbocycles. The van der Waals surface area contributed by atoms with Crippen molar-refractivity contribution in [3.63, 3.8) is 0 Å². The Labute approximate surface area is 96.0 Å². The molecule has 7 heteroatoms. The number of nitrogens with zero attached hydrogens (tertiary/aromatic N) is 2. The van der Waals surface area contributed by atoms with Gasteiger partial charge in [-0.2, -0.15) is 17.6 Å². The van der Waals surface area contributed by atoms with Crippen LogP contribution in [0.2, 0.25) is 0 Å². The molecule has 1 aromatic carbocycles. The molecule has 0 saturated carbocycles. The molecule has 16 heavy (non-hydrogen) atoms. The lowest BCUT2D eigenvalue weighted by atomic mass is 10.1. The lowest BCUT2D eigenvalue weighted by molar-refractivity contribution is -0.136. The molecule has 0 fully saturated rings. The second-order valence-electron chi connectivity index (χ2n) is 3.26. The number of rotatable bonds is 0. The van der Waals surface area contributed by atoms with Crippen LogP contribution in [0.4, 0.5) is 17.6 Å². The molecule has 2 nitrogen and oxygen atoms in total. The summed E-state index contributed by atoms with van der Waals surface area (Å²) in [5.74, 6) is -0.913. The van der Waals surface area contributed by atoms with Crippen molar-refractivity contribution in [3.05, 3.63) is 28.1 Å². The zero-order chi connectivity index (χ0) is 12.1. The van der Waals surface area contributed by atoms with Crippen molar-refractivity contribution in [1.29, 1.82) is 0 Å². The summed E-state index contributed by atoms with van der Waals surface area (Å²) >= 11 is 2.92. The van der Waals surface area contributed by atoms with Gasteiger partial charge in [0.1, 0.15) is 0 Å². The highest BCUT2D eigenvalue weighted by atomic mass is 79.9. The summed E-state index contributed by atoms with van der Waals surface area (Å²) in [6.45, 7) is 0. The summed E-state index contributed by atoms with van der Waals surface area (Å²) in [5, 5.41) is 3.19. The topological polar surface area (TPSA) is 17.8 Å². The van der Waals surface area contributed by atoms with E-state index < -0.39 is 17.7 Å². The molecule has 0 saturated heterocycles. The van der Waals surface area contributed by atoms with Gasteiger partial charge in [0, 0.05) is 11.5 Å². The first-order valence-electron chi connectivity index (χ1n) is 4.19. The van der Waals surface area contributed by atoms with Crippen molar-refractivity contribution in [1.82, 2.24) is 9.78 Å². The van der Waals surface area contributed by atoms with E-state index in [1.807, 2.05) is 0 Å². The predicted molar refractivity (Wildman–Crippen MR) is 53.4 cm³/mol. The van der Waals surface area contributed by atoms with Gasteiger partial charge in [-0.1, -0.05) is 15.9 Å². The Bertz CT molecular complexity index is 559. The number of aryl methyl sites for hydroxylation is 1. The van der Waals surface area contributed by atoms with E-state index in [1.165, 1.54) is 13.1 Å². The van der Waals surface area contributed by atoms with Crippen LogP contribution in [0.15, 0.2) is 16.6 Å². The predicted octanol–water partition coefficient (Wildman–Crippen LogP) is 3.49. The zero-order valence-electron chi connectivity index (χ0n) is 7.94. The Balaban J connectivity index is 2.92. The van der Waals surface area contributed by atoms with Crippen molar-refractivity contribution in [2.24, 2.45) is 7.05 Å². The Hall–Kier alpha value is -1.11. The van der Waals surface area contributed by atoms with Crippen LogP contribution in [0.3, 0.4) is 0 Å². The number of hydrogen-bond donors (Lipinski definition) is 0. The van der Waals surface area contributed by atoms with Gasteiger partial charge in [0.05, 0.1) is 16.5 Å². The molecule has 0 aliphatic rings. The van der Waals surface area contributed by atoms with E-state index in [9.17, 15) is 17.6 Å². The normalized spacial score (nSPS) is 12.4. The first-order chi connectivity index (χ1) is 7.30. The molecule has 0 bridgehead atoms. The average Bonchev–Trinajstić information content (AvgIpc) is 2.40. The molecular formula is C9H5BrF4N2. The van der Waals surface area contributed by atoms with E-state index in [-0.39, 0.29) is 15.4 Å². The van der Waals surface area contributed by atoms with Crippen LogP contribution in [0, 0.1) is 5.95 Å². The summed E-state index contributed by atoms with van der Waals surface area (Å²) in [5.41, 5.74) is -1.16. The SMILES string of the molecule is Cn1nc(F)c2cc(Br)cc(C(F)(F)F)c21. The summed E-state index contributed by atoms with van der Waals surface area (Å²) in [6.07, 6.45) is -4.54. The van der Waals surface area contributed by atoms with Gasteiger partial charge in [-0.3, -0.25) is 4.68 Å². The highest BCUT2D eigenvalue weighted by molar-refractivity contribution is 9.10. The molecule has 2 aromatic rings. The van der Waals surface area contributed by atoms with Crippen molar-refractivity contribution in [2.75, 3.05) is 0 Å². The van der Waals surface area contributed by atoms with Crippen molar-refractivity contribution < 1.29 is 17.6 Å². The third-order valence-electron chi connectivity index (χ3n) is 2.16. The molecule has 0 unspecified atom stereocenters. The molecule has 0 N–H and O–H groups in total. The van der Waals surface area contributed by atoms with Gasteiger partial charge < -0.3 is 0 Å². The quantitative estimate of drug-likeness (QED) is 0.681. The van der Waals surface area contributed by atoms with E-state index in [4.69, 9.17) is 0 Å². The Morgan fingerprint density at radius 2 is 1.94 bits per heavy atom. The minimum absolute atomic E-state index is 0.149. The van der Waals surface area contributed by atoms with Gasteiger partial charge in [-0.15, -0.1) is 5.10 Å². The first-order valence-corrected chi connectivity index (χ1v) is 4.99. The zero-order valence-corrected chi connectivity index (χ0v) is 9.52. The Morgan fingerprint density at radius 1 is 1.31 bits per heavy atom. The highest BCUT2D eigenvalue weighted by Gasteiger charge is 2.35. The molecule has 0 amide bonds. The summed E-state index contributed by atoms with van der Waals surface area (Å²) in [7, 11) is 1.27. The second-order valence-corrected chi connectivity index (χ2v) is 4.18. The smallest absolute Gasteiger partial charge is 0.264 e. The molecule has 2 rings (SSSR count). The van der Waals surface area contributed by atoms with Crippen molar-refractivity contribution >= 4 is 26.8 Å². The minimum atomic E-state index is -4.54. The lowest BCUT2D eigenvalue weighted by Crippen LogP contribution is -2.08. The monoisotopic (exact) mass is 296 g/mol. The highest BCUT2D eigenvalue weighted by Crippen LogP contribution is 2.37. The van der Waals surface area contributed by atoms with Gasteiger partial charge in [0.15, 0.2) is 0 Å². The number of alkyl halides is 3. The third-order valence-corrected chi connectivity index (χ3v) is 2.62. The number of halogens is 5. The van der Waals surface area contributed by atoms with E-state index in [0.29, 0.717) is 0 Å². The van der Waals surface area contributed by atoms with Gasteiger partial charge in [0.2, 0.25) is 5.95 Å². The maximum atomic E-state index is 13.2. The van der Waals surface area contributed by atoms with E-state index in [2.05, 4.69) is 21.0 Å². The number of hydrogen-bond acceptors (Lipinski definition) is 1. The number of benzene rings is 1. The van der Waals surface area contributed by atoms with Crippen LogP contribution in [0.25, 0.3) is 10.9 Å². The van der Waals surface area contributed by atoms with Gasteiger partial charge >= 0.3 is 6.18 Å². The van der Waals surface area contributed by atoms with Crippen LogP contribution >= 0.6 is 15.9 Å². The fraction of sp³-hybridized carbons (Fsp3) is 0.222. The third kappa shape index (κ3) is 1.68. The number of aromatic nitrogens is 2. The van der Waals surface area contributed by atoms with Gasteiger partial charge in [-0.25, -0.2) is 0 Å². The lowest BCUT2D eigenvalue weighted by Gasteiger charge is -2.09. The first kappa shape index (κ1) is 11.4. The summed E-state index contributed by atoms with van der Waals surface area (Å²) in [4.78, 5) is 0. The van der Waals surface area contributed by atoms with E-state index >= 15 is 0 Å². The molecule has 1 aromatic heterocycles. The maximum absolute atomic E-state index is 13.2. The minimum Gasteiger partial charge on any atom is -0.264 e. The van der Waals surface area contributed by atoms with Gasteiger partial charge in [-0.05, 0) is 12.1 Å². The molecule has 0 radical (unpaired) electrons. The summed E-state index contributed by atoms with van der Waals surface area (Å²) in [6, 6.07) is 2.18. The maximum Gasteiger partial charge on any atom is 0.418 e.